The van der Waals surface area contributed by atoms with Crippen molar-refractivity contribution in [2.45, 2.75) is 58.1 Å². The molecule has 0 aliphatic rings. The van der Waals surface area contributed by atoms with Gasteiger partial charge in [-0.3, -0.25) is 4.79 Å². The van der Waals surface area contributed by atoms with E-state index in [1.807, 2.05) is 0 Å². The summed E-state index contributed by atoms with van der Waals surface area (Å²) in [6, 6.07) is 0. The molecule has 1 rings (SSSR count). The number of hydrogen-bond donors (Lipinski definition) is 2. The molecule has 120 valence electrons. The van der Waals surface area contributed by atoms with Crippen molar-refractivity contribution in [2.75, 3.05) is 13.2 Å². The van der Waals surface area contributed by atoms with Crippen LogP contribution >= 0.6 is 0 Å². The van der Waals surface area contributed by atoms with Crippen LogP contribution in [0.25, 0.3) is 0 Å². The number of unbranched alkanes of at least 4 members (excludes halogenated alkanes) is 2. The Morgan fingerprint density at radius 2 is 2.24 bits per heavy atom. The Morgan fingerprint density at radius 1 is 1.43 bits per heavy atom. The first-order chi connectivity index (χ1) is 10.1. The molecule has 0 saturated carbocycles. The van der Waals surface area contributed by atoms with Gasteiger partial charge in [-0.2, -0.15) is 0 Å². The monoisotopic (exact) mass is 299 g/mol. The van der Waals surface area contributed by atoms with Gasteiger partial charge in [0, 0.05) is 19.2 Å². The minimum Gasteiger partial charge on any atom is -0.481 e. The van der Waals surface area contributed by atoms with Crippen molar-refractivity contribution in [3.05, 3.63) is 11.9 Å². The molecule has 21 heavy (non-hydrogen) atoms. The second-order valence-corrected chi connectivity index (χ2v) is 5.12. The van der Waals surface area contributed by atoms with E-state index < -0.39 is 12.1 Å². The zero-order chi connectivity index (χ0) is 15.5. The van der Waals surface area contributed by atoms with Gasteiger partial charge in [0.15, 0.2) is 0 Å². The Labute approximate surface area is 124 Å². The standard InChI is InChI=1S/C14H25N3O4/c1-2-3-8-21-11-13(18)10-17-9-12(15-16-17)6-4-5-7-14(19)20/h9,13,18H,2-8,10-11H2,1H3,(H,19,20). The fourth-order valence-corrected chi connectivity index (χ4v) is 1.86. The lowest BCUT2D eigenvalue weighted by Gasteiger charge is -2.10. The number of carboxylic acid groups (broad SMARTS) is 1. The summed E-state index contributed by atoms with van der Waals surface area (Å²) in [5, 5.41) is 26.3. The summed E-state index contributed by atoms with van der Waals surface area (Å²) >= 11 is 0. The van der Waals surface area contributed by atoms with Crippen LogP contribution in [0.15, 0.2) is 6.20 Å². The minimum atomic E-state index is -0.773. The largest absolute Gasteiger partial charge is 0.481 e. The predicted molar refractivity (Wildman–Crippen MR) is 76.9 cm³/mol. The fourth-order valence-electron chi connectivity index (χ4n) is 1.86. The maximum absolute atomic E-state index is 10.4. The van der Waals surface area contributed by atoms with Gasteiger partial charge in [0.05, 0.1) is 24.9 Å². The number of nitrogens with zero attached hydrogens (tertiary/aromatic N) is 3. The summed E-state index contributed by atoms with van der Waals surface area (Å²) in [5.41, 5.74) is 0.819. The quantitative estimate of drug-likeness (QED) is 0.564. The van der Waals surface area contributed by atoms with Gasteiger partial charge >= 0.3 is 5.97 Å². The molecule has 0 radical (unpaired) electrons. The average Bonchev–Trinajstić information content (AvgIpc) is 2.87. The van der Waals surface area contributed by atoms with Crippen molar-refractivity contribution in [2.24, 2.45) is 0 Å². The van der Waals surface area contributed by atoms with Gasteiger partial charge < -0.3 is 14.9 Å². The van der Waals surface area contributed by atoms with Crippen LogP contribution in [0.5, 0.6) is 0 Å². The summed E-state index contributed by atoms with van der Waals surface area (Å²) < 4.78 is 6.95. The molecular formula is C14H25N3O4. The molecule has 7 nitrogen and oxygen atoms in total. The number of hydrogen-bond acceptors (Lipinski definition) is 5. The Kier molecular flexibility index (Phi) is 8.61. The SMILES string of the molecule is CCCCOCC(O)Cn1cc(CCCCC(=O)O)nn1. The lowest BCUT2D eigenvalue weighted by Crippen LogP contribution is -2.22. The number of aryl methyl sites for hydroxylation is 1. The fraction of sp³-hybridized carbons (Fsp3) is 0.786. The first kappa shape index (κ1) is 17.6. The van der Waals surface area contributed by atoms with Crippen LogP contribution in [-0.2, 0) is 22.5 Å². The Morgan fingerprint density at radius 3 is 2.95 bits per heavy atom. The van der Waals surface area contributed by atoms with E-state index >= 15 is 0 Å². The highest BCUT2D eigenvalue weighted by Crippen LogP contribution is 2.04. The van der Waals surface area contributed by atoms with Gasteiger partial charge in [0.2, 0.25) is 0 Å². The van der Waals surface area contributed by atoms with Crippen molar-refractivity contribution >= 4 is 5.97 Å². The van der Waals surface area contributed by atoms with Crippen molar-refractivity contribution in [1.82, 2.24) is 15.0 Å². The van der Waals surface area contributed by atoms with E-state index in [4.69, 9.17) is 9.84 Å². The molecule has 1 unspecified atom stereocenters. The van der Waals surface area contributed by atoms with Crippen LogP contribution in [0.3, 0.4) is 0 Å². The summed E-state index contributed by atoms with van der Waals surface area (Å²) in [5.74, 6) is -0.773. The van der Waals surface area contributed by atoms with E-state index in [-0.39, 0.29) is 6.42 Å². The van der Waals surface area contributed by atoms with Gasteiger partial charge in [0.1, 0.15) is 0 Å². The van der Waals surface area contributed by atoms with E-state index in [9.17, 15) is 9.90 Å². The van der Waals surface area contributed by atoms with Crippen molar-refractivity contribution < 1.29 is 19.7 Å². The van der Waals surface area contributed by atoms with E-state index in [2.05, 4.69) is 17.2 Å². The van der Waals surface area contributed by atoms with Crippen LogP contribution in [0.4, 0.5) is 0 Å². The molecule has 0 saturated heterocycles. The normalized spacial score (nSPS) is 12.5. The number of aromatic nitrogens is 3. The van der Waals surface area contributed by atoms with Crippen LogP contribution in [-0.4, -0.2) is 50.5 Å². The Bertz CT molecular complexity index is 409. The van der Waals surface area contributed by atoms with Gasteiger partial charge in [0.25, 0.3) is 0 Å². The zero-order valence-corrected chi connectivity index (χ0v) is 12.6. The number of aliphatic carboxylic acids is 1. The van der Waals surface area contributed by atoms with Crippen LogP contribution < -0.4 is 0 Å². The van der Waals surface area contributed by atoms with Crippen molar-refractivity contribution in [1.29, 1.82) is 0 Å². The summed E-state index contributed by atoms with van der Waals surface area (Å²) in [6.45, 7) is 3.41. The summed E-state index contributed by atoms with van der Waals surface area (Å²) in [4.78, 5) is 10.4. The number of rotatable bonds is 12. The molecule has 1 atom stereocenters. The van der Waals surface area contributed by atoms with Crippen LogP contribution in [0.2, 0.25) is 0 Å². The lowest BCUT2D eigenvalue weighted by molar-refractivity contribution is -0.137. The molecule has 2 N–H and O–H groups in total. The lowest BCUT2D eigenvalue weighted by atomic mass is 10.1. The highest BCUT2D eigenvalue weighted by atomic mass is 16.5. The molecule has 1 aromatic rings. The molecule has 0 amide bonds. The molecule has 0 spiro atoms. The van der Waals surface area contributed by atoms with E-state index in [1.54, 1.807) is 10.9 Å². The molecule has 7 heteroatoms. The first-order valence-corrected chi connectivity index (χ1v) is 7.48. The molecule has 0 aromatic carbocycles. The molecule has 1 heterocycles. The van der Waals surface area contributed by atoms with E-state index in [1.165, 1.54) is 0 Å². The van der Waals surface area contributed by atoms with Crippen LogP contribution in [0, 0.1) is 0 Å². The third kappa shape index (κ3) is 8.41. The van der Waals surface area contributed by atoms with Crippen LogP contribution in [0.1, 0.15) is 44.7 Å². The smallest absolute Gasteiger partial charge is 0.303 e. The second kappa shape index (κ2) is 10.3. The molecule has 1 aromatic heterocycles. The minimum absolute atomic E-state index is 0.182. The van der Waals surface area contributed by atoms with Crippen molar-refractivity contribution in [3.8, 4) is 0 Å². The second-order valence-electron chi connectivity index (χ2n) is 5.12. The highest BCUT2D eigenvalue weighted by Gasteiger charge is 2.08. The van der Waals surface area contributed by atoms with Crippen molar-refractivity contribution in [3.63, 3.8) is 0 Å². The summed E-state index contributed by atoms with van der Waals surface area (Å²) in [6.07, 6.45) is 5.56. The number of ether oxygens (including phenoxy) is 1. The summed E-state index contributed by atoms with van der Waals surface area (Å²) in [7, 11) is 0. The average molecular weight is 299 g/mol. The maximum atomic E-state index is 10.4. The number of carbonyl (C=O) groups is 1. The number of aliphatic hydroxyl groups is 1. The third-order valence-corrected chi connectivity index (χ3v) is 3.01. The van der Waals surface area contributed by atoms with Gasteiger partial charge in [-0.1, -0.05) is 18.6 Å². The number of carboxylic acids is 1. The predicted octanol–water partition coefficient (Wildman–Crippen LogP) is 1.25. The van der Waals surface area contributed by atoms with Gasteiger partial charge in [-0.05, 0) is 25.7 Å². The Hall–Kier alpha value is -1.47. The van der Waals surface area contributed by atoms with Gasteiger partial charge in [-0.15, -0.1) is 5.10 Å². The number of aliphatic hydroxyl groups excluding tert-OH is 1. The topological polar surface area (TPSA) is 97.5 Å². The first-order valence-electron chi connectivity index (χ1n) is 7.48. The molecule has 0 aliphatic carbocycles. The molecule has 0 fully saturated rings. The zero-order valence-electron chi connectivity index (χ0n) is 12.6. The molecular weight excluding hydrogens is 274 g/mol. The van der Waals surface area contributed by atoms with E-state index in [0.29, 0.717) is 32.6 Å². The Balaban J connectivity index is 2.19. The maximum Gasteiger partial charge on any atom is 0.303 e. The van der Waals surface area contributed by atoms with Gasteiger partial charge in [-0.25, -0.2) is 4.68 Å². The highest BCUT2D eigenvalue weighted by molar-refractivity contribution is 5.66. The van der Waals surface area contributed by atoms with E-state index in [0.717, 1.165) is 25.0 Å². The third-order valence-electron chi connectivity index (χ3n) is 3.01. The molecule has 0 aliphatic heterocycles. The molecule has 0 bridgehead atoms.